The van der Waals surface area contributed by atoms with Crippen LogP contribution in [0.3, 0.4) is 0 Å². The third-order valence-corrected chi connectivity index (χ3v) is 3.81. The predicted octanol–water partition coefficient (Wildman–Crippen LogP) is 4.71. The van der Waals surface area contributed by atoms with Gasteiger partial charge in [-0.15, -0.1) is 0 Å². The molecule has 2 aromatic rings. The van der Waals surface area contributed by atoms with Crippen molar-refractivity contribution in [3.8, 4) is 5.75 Å². The van der Waals surface area contributed by atoms with Crippen molar-refractivity contribution in [3.05, 3.63) is 63.9 Å². The largest absolute Gasteiger partial charge is 0.487 e. The molecule has 1 N–H and O–H groups in total. The third-order valence-electron chi connectivity index (χ3n) is 3.20. The highest BCUT2D eigenvalue weighted by molar-refractivity contribution is 9.10. The molecule has 0 aliphatic heterocycles. The fourth-order valence-electron chi connectivity index (χ4n) is 1.94. The summed E-state index contributed by atoms with van der Waals surface area (Å²) in [7, 11) is 0. The molecule has 124 valence electrons. The van der Waals surface area contributed by atoms with Gasteiger partial charge in [0.2, 0.25) is 0 Å². The van der Waals surface area contributed by atoms with Crippen LogP contribution in [0.2, 0.25) is 0 Å². The maximum Gasteiger partial charge on any atom is 0.191 e. The minimum Gasteiger partial charge on any atom is -0.487 e. The molecule has 0 bridgehead atoms. The summed E-state index contributed by atoms with van der Waals surface area (Å²) < 4.78 is 58.8. The summed E-state index contributed by atoms with van der Waals surface area (Å²) in [6.07, 6.45) is -3.49. The van der Waals surface area contributed by atoms with Gasteiger partial charge in [-0.3, -0.25) is 0 Å². The molecule has 23 heavy (non-hydrogen) atoms. The smallest absolute Gasteiger partial charge is 0.191 e. The van der Waals surface area contributed by atoms with Crippen molar-refractivity contribution in [2.24, 2.45) is 0 Å². The molecule has 0 saturated carbocycles. The molecule has 7 heteroatoms. The Bertz CT molecular complexity index is 664. The molecule has 2 atom stereocenters. The van der Waals surface area contributed by atoms with Crippen LogP contribution >= 0.6 is 15.9 Å². The van der Waals surface area contributed by atoms with E-state index in [0.29, 0.717) is 0 Å². The van der Waals surface area contributed by atoms with Crippen LogP contribution in [-0.2, 0) is 0 Å². The second kappa shape index (κ2) is 7.79. The molecule has 0 saturated heterocycles. The third kappa shape index (κ3) is 4.45. The molecule has 0 heterocycles. The lowest BCUT2D eigenvalue weighted by Gasteiger charge is -2.17. The van der Waals surface area contributed by atoms with E-state index in [1.807, 2.05) is 0 Å². The average molecular weight is 393 g/mol. The van der Waals surface area contributed by atoms with Crippen LogP contribution in [-0.4, -0.2) is 17.9 Å². The summed E-state index contributed by atoms with van der Waals surface area (Å²) >= 11 is 2.89. The lowest BCUT2D eigenvalue weighted by atomic mass is 10.0. The first kappa shape index (κ1) is 17.7. The molecule has 0 radical (unpaired) electrons. The van der Waals surface area contributed by atoms with E-state index >= 15 is 0 Å². The number of halogens is 5. The molecule has 2 nitrogen and oxygen atoms in total. The van der Waals surface area contributed by atoms with E-state index in [9.17, 15) is 22.7 Å². The van der Waals surface area contributed by atoms with Gasteiger partial charge in [0.05, 0.1) is 11.1 Å². The molecule has 0 spiro atoms. The number of rotatable bonds is 6. The number of ether oxygens (including phenoxy) is 1. The van der Waals surface area contributed by atoms with Gasteiger partial charge in [-0.1, -0.05) is 12.1 Å². The molecular weight excluding hydrogens is 380 g/mol. The Balaban J connectivity index is 1.93. The van der Waals surface area contributed by atoms with Gasteiger partial charge in [-0.2, -0.15) is 0 Å². The van der Waals surface area contributed by atoms with Crippen LogP contribution in [0.5, 0.6) is 5.75 Å². The number of hydrogen-bond acceptors (Lipinski definition) is 2. The SMILES string of the molecule is OC(c1ccc(F)cc1)C(F)CCOc1c(F)ccc(Br)c1F. The summed E-state index contributed by atoms with van der Waals surface area (Å²) in [6.45, 7) is -0.330. The number of hydrogen-bond donors (Lipinski definition) is 1. The lowest BCUT2D eigenvalue weighted by molar-refractivity contribution is 0.0623. The summed E-state index contributed by atoms with van der Waals surface area (Å²) in [6, 6.07) is 6.95. The second-order valence-corrected chi connectivity index (χ2v) is 5.68. The Kier molecular flexibility index (Phi) is 6.01. The molecule has 0 aliphatic carbocycles. The summed E-state index contributed by atoms with van der Waals surface area (Å²) in [5.74, 6) is -2.93. The minimum absolute atomic E-state index is 0.0250. The Morgan fingerprint density at radius 3 is 2.35 bits per heavy atom. The maximum absolute atomic E-state index is 13.9. The van der Waals surface area contributed by atoms with E-state index in [1.54, 1.807) is 0 Å². The van der Waals surface area contributed by atoms with Crippen molar-refractivity contribution >= 4 is 15.9 Å². The molecule has 0 amide bonds. The van der Waals surface area contributed by atoms with Crippen molar-refractivity contribution in [1.82, 2.24) is 0 Å². The van der Waals surface area contributed by atoms with Crippen LogP contribution in [0, 0.1) is 17.5 Å². The van der Waals surface area contributed by atoms with Gasteiger partial charge in [0, 0.05) is 6.42 Å². The van der Waals surface area contributed by atoms with Crippen molar-refractivity contribution in [3.63, 3.8) is 0 Å². The van der Waals surface area contributed by atoms with Crippen LogP contribution in [0.1, 0.15) is 18.1 Å². The van der Waals surface area contributed by atoms with Crippen LogP contribution < -0.4 is 4.74 Å². The molecule has 2 rings (SSSR count). The van der Waals surface area contributed by atoms with Gasteiger partial charge in [0.25, 0.3) is 0 Å². The highest BCUT2D eigenvalue weighted by Crippen LogP contribution is 2.29. The van der Waals surface area contributed by atoms with Crippen LogP contribution in [0.25, 0.3) is 0 Å². The molecule has 2 unspecified atom stereocenters. The van der Waals surface area contributed by atoms with Gasteiger partial charge in [-0.05, 0) is 45.8 Å². The first-order valence-corrected chi connectivity index (χ1v) is 7.53. The normalized spacial score (nSPS) is 13.7. The fourth-order valence-corrected chi connectivity index (χ4v) is 2.25. The zero-order chi connectivity index (χ0) is 17.0. The maximum atomic E-state index is 13.9. The summed E-state index contributed by atoms with van der Waals surface area (Å²) in [5, 5.41) is 9.82. The van der Waals surface area contributed by atoms with E-state index < -0.39 is 35.5 Å². The first-order chi connectivity index (χ1) is 10.9. The molecule has 2 aromatic carbocycles. The average Bonchev–Trinajstić information content (AvgIpc) is 2.54. The van der Waals surface area contributed by atoms with E-state index in [2.05, 4.69) is 15.9 Å². The Labute approximate surface area is 138 Å². The fraction of sp³-hybridized carbons (Fsp3) is 0.250. The minimum atomic E-state index is -1.72. The number of aliphatic hydroxyl groups is 1. The summed E-state index contributed by atoms with van der Waals surface area (Å²) in [5.41, 5.74) is 0.207. The Hall–Kier alpha value is -1.60. The van der Waals surface area contributed by atoms with E-state index in [4.69, 9.17) is 4.74 Å². The van der Waals surface area contributed by atoms with E-state index in [-0.39, 0.29) is 23.1 Å². The van der Waals surface area contributed by atoms with Crippen LogP contribution in [0.15, 0.2) is 40.9 Å². The van der Waals surface area contributed by atoms with Crippen molar-refractivity contribution in [2.45, 2.75) is 18.7 Å². The topological polar surface area (TPSA) is 29.5 Å². The van der Waals surface area contributed by atoms with Gasteiger partial charge in [0.1, 0.15) is 18.1 Å². The van der Waals surface area contributed by atoms with E-state index in [1.165, 1.54) is 18.2 Å². The number of aliphatic hydroxyl groups excluding tert-OH is 1. The zero-order valence-electron chi connectivity index (χ0n) is 11.8. The van der Waals surface area contributed by atoms with Gasteiger partial charge in [-0.25, -0.2) is 17.6 Å². The first-order valence-electron chi connectivity index (χ1n) is 6.74. The van der Waals surface area contributed by atoms with Crippen molar-refractivity contribution in [2.75, 3.05) is 6.61 Å². The van der Waals surface area contributed by atoms with Gasteiger partial charge in [0.15, 0.2) is 17.4 Å². The lowest BCUT2D eigenvalue weighted by Crippen LogP contribution is -2.17. The standard InChI is InChI=1S/C16H13BrF4O2/c17-11-5-6-13(20)16(14(11)21)23-8-7-12(19)15(22)9-1-3-10(18)4-2-9/h1-6,12,15,22H,7-8H2. The van der Waals surface area contributed by atoms with Crippen molar-refractivity contribution in [1.29, 1.82) is 0 Å². The number of alkyl halides is 1. The number of benzene rings is 2. The quantitative estimate of drug-likeness (QED) is 0.569. The Morgan fingerprint density at radius 1 is 1.04 bits per heavy atom. The van der Waals surface area contributed by atoms with Gasteiger partial charge < -0.3 is 9.84 Å². The van der Waals surface area contributed by atoms with Crippen molar-refractivity contribution < 1.29 is 27.4 Å². The zero-order valence-corrected chi connectivity index (χ0v) is 13.4. The molecule has 0 aromatic heterocycles. The summed E-state index contributed by atoms with van der Waals surface area (Å²) in [4.78, 5) is 0. The predicted molar refractivity (Wildman–Crippen MR) is 80.4 cm³/mol. The van der Waals surface area contributed by atoms with E-state index in [0.717, 1.165) is 18.2 Å². The van der Waals surface area contributed by atoms with Crippen LogP contribution in [0.4, 0.5) is 17.6 Å². The van der Waals surface area contributed by atoms with Gasteiger partial charge >= 0.3 is 0 Å². The highest BCUT2D eigenvalue weighted by atomic mass is 79.9. The second-order valence-electron chi connectivity index (χ2n) is 4.82. The Morgan fingerprint density at radius 2 is 1.70 bits per heavy atom. The molecule has 0 aliphatic rings. The monoisotopic (exact) mass is 392 g/mol. The molecule has 0 fully saturated rings. The highest BCUT2D eigenvalue weighted by Gasteiger charge is 2.21. The molecular formula is C16H13BrF4O2.